The van der Waals surface area contributed by atoms with Crippen molar-refractivity contribution in [3.63, 3.8) is 0 Å². The molecule has 2 aromatic rings. The predicted octanol–water partition coefficient (Wildman–Crippen LogP) is 4.68. The number of ether oxygens (including phenoxy) is 1. The van der Waals surface area contributed by atoms with Gasteiger partial charge in [-0.1, -0.05) is 20.3 Å². The lowest BCUT2D eigenvalue weighted by molar-refractivity contribution is 0.0240. The Labute approximate surface area is 203 Å². The molecule has 1 aliphatic rings. The lowest BCUT2D eigenvalue weighted by Crippen LogP contribution is -2.50. The van der Waals surface area contributed by atoms with E-state index >= 15 is 0 Å². The normalized spacial score (nSPS) is 15.2. The van der Waals surface area contributed by atoms with Crippen molar-refractivity contribution in [2.75, 3.05) is 36.4 Å². The zero-order valence-electron chi connectivity index (χ0n) is 21.2. The van der Waals surface area contributed by atoms with E-state index in [4.69, 9.17) is 9.72 Å². The third-order valence-corrected chi connectivity index (χ3v) is 5.85. The number of piperazine rings is 1. The predicted molar refractivity (Wildman–Crippen MR) is 136 cm³/mol. The van der Waals surface area contributed by atoms with Gasteiger partial charge in [0, 0.05) is 44.0 Å². The van der Waals surface area contributed by atoms with Gasteiger partial charge in [-0.05, 0) is 63.4 Å². The molecule has 1 aliphatic heterocycles. The first kappa shape index (κ1) is 25.7. The summed E-state index contributed by atoms with van der Waals surface area (Å²) in [5.74, 6) is 1.63. The SMILES string of the molecule is CCCC(CC)Nc1cc(-c2cc(CO)cc(N3CCN(C(=O)OC(C)(C)C)CC3)n2)ccn1. The van der Waals surface area contributed by atoms with Gasteiger partial charge in [0.2, 0.25) is 0 Å². The summed E-state index contributed by atoms with van der Waals surface area (Å²) in [7, 11) is 0. The van der Waals surface area contributed by atoms with Gasteiger partial charge in [-0.15, -0.1) is 0 Å². The van der Waals surface area contributed by atoms with E-state index in [1.54, 1.807) is 11.1 Å². The monoisotopic (exact) mass is 469 g/mol. The molecule has 2 N–H and O–H groups in total. The van der Waals surface area contributed by atoms with Crippen molar-refractivity contribution in [1.29, 1.82) is 0 Å². The van der Waals surface area contributed by atoms with E-state index in [2.05, 4.69) is 29.0 Å². The van der Waals surface area contributed by atoms with E-state index in [1.807, 2.05) is 45.0 Å². The van der Waals surface area contributed by atoms with Gasteiger partial charge in [-0.2, -0.15) is 0 Å². The molecule has 0 radical (unpaired) electrons. The van der Waals surface area contributed by atoms with Gasteiger partial charge in [0.1, 0.15) is 17.2 Å². The van der Waals surface area contributed by atoms with E-state index < -0.39 is 5.60 Å². The van der Waals surface area contributed by atoms with Crippen LogP contribution in [0, 0.1) is 0 Å². The number of carbonyl (C=O) groups excluding carboxylic acids is 1. The highest BCUT2D eigenvalue weighted by Gasteiger charge is 2.26. The number of aliphatic hydroxyl groups excluding tert-OH is 1. The molecular weight excluding hydrogens is 430 g/mol. The van der Waals surface area contributed by atoms with Crippen molar-refractivity contribution >= 4 is 17.7 Å². The van der Waals surface area contributed by atoms with Crippen LogP contribution in [0.4, 0.5) is 16.4 Å². The summed E-state index contributed by atoms with van der Waals surface area (Å²) >= 11 is 0. The van der Waals surface area contributed by atoms with Crippen LogP contribution in [0.5, 0.6) is 0 Å². The highest BCUT2D eigenvalue weighted by Crippen LogP contribution is 2.26. The van der Waals surface area contributed by atoms with Gasteiger partial charge < -0.3 is 25.0 Å². The first-order chi connectivity index (χ1) is 16.2. The standard InChI is InChI=1S/C26H39N5O3/c1-6-8-21(7-2)28-23-17-20(9-10-27-23)22-15-19(18-32)16-24(29-22)30-11-13-31(14-12-30)25(33)34-26(3,4)5/h9-10,15-17,21,32H,6-8,11-14,18H2,1-5H3,(H,27,28). The number of aliphatic hydroxyl groups is 1. The summed E-state index contributed by atoms with van der Waals surface area (Å²) in [4.78, 5) is 25.7. The Hall–Kier alpha value is -2.87. The third kappa shape index (κ3) is 7.06. The molecule has 1 fully saturated rings. The fraction of sp³-hybridized carbons (Fsp3) is 0.577. The Morgan fingerprint density at radius 2 is 1.91 bits per heavy atom. The summed E-state index contributed by atoms with van der Waals surface area (Å²) in [6.07, 6.45) is 4.77. The zero-order chi connectivity index (χ0) is 24.7. The zero-order valence-corrected chi connectivity index (χ0v) is 21.2. The van der Waals surface area contributed by atoms with Crippen LogP contribution in [0.3, 0.4) is 0 Å². The molecule has 0 aliphatic carbocycles. The van der Waals surface area contributed by atoms with Crippen LogP contribution in [-0.2, 0) is 11.3 Å². The molecule has 1 unspecified atom stereocenters. The van der Waals surface area contributed by atoms with E-state index in [-0.39, 0.29) is 12.7 Å². The van der Waals surface area contributed by atoms with Gasteiger partial charge in [0.25, 0.3) is 0 Å². The molecule has 8 heteroatoms. The number of pyridine rings is 2. The second-order valence-corrected chi connectivity index (χ2v) is 9.80. The molecule has 2 aromatic heterocycles. The van der Waals surface area contributed by atoms with Gasteiger partial charge >= 0.3 is 6.09 Å². The van der Waals surface area contributed by atoms with Gasteiger partial charge in [0.15, 0.2) is 0 Å². The first-order valence-electron chi connectivity index (χ1n) is 12.3. The number of hydrogen-bond donors (Lipinski definition) is 2. The summed E-state index contributed by atoms with van der Waals surface area (Å²) in [6.45, 7) is 12.4. The van der Waals surface area contributed by atoms with Crippen molar-refractivity contribution in [1.82, 2.24) is 14.9 Å². The Bertz CT molecular complexity index is 952. The van der Waals surface area contributed by atoms with Crippen molar-refractivity contribution in [3.05, 3.63) is 36.0 Å². The van der Waals surface area contributed by atoms with Crippen LogP contribution in [0.2, 0.25) is 0 Å². The Balaban J connectivity index is 1.76. The van der Waals surface area contributed by atoms with Crippen molar-refractivity contribution in [2.45, 2.75) is 72.1 Å². The van der Waals surface area contributed by atoms with Gasteiger partial charge in [-0.3, -0.25) is 0 Å². The van der Waals surface area contributed by atoms with Crippen LogP contribution in [-0.4, -0.2) is 63.9 Å². The molecule has 0 saturated carbocycles. The molecule has 3 rings (SSSR count). The quantitative estimate of drug-likeness (QED) is 0.580. The number of hydrogen-bond acceptors (Lipinski definition) is 7. The maximum Gasteiger partial charge on any atom is 0.410 e. The molecule has 0 spiro atoms. The largest absolute Gasteiger partial charge is 0.444 e. The fourth-order valence-electron chi connectivity index (χ4n) is 4.02. The maximum atomic E-state index is 12.4. The van der Waals surface area contributed by atoms with Crippen LogP contribution in [0.25, 0.3) is 11.3 Å². The van der Waals surface area contributed by atoms with E-state index in [9.17, 15) is 9.90 Å². The van der Waals surface area contributed by atoms with E-state index in [1.165, 1.54) is 0 Å². The number of nitrogens with zero attached hydrogens (tertiary/aromatic N) is 4. The lowest BCUT2D eigenvalue weighted by Gasteiger charge is -2.36. The number of rotatable bonds is 8. The second kappa shape index (κ2) is 11.5. The highest BCUT2D eigenvalue weighted by molar-refractivity contribution is 5.69. The number of amides is 1. The van der Waals surface area contributed by atoms with Crippen molar-refractivity contribution < 1.29 is 14.6 Å². The Morgan fingerprint density at radius 3 is 2.53 bits per heavy atom. The number of carbonyl (C=O) groups is 1. The lowest BCUT2D eigenvalue weighted by atomic mass is 10.1. The molecular formula is C26H39N5O3. The molecule has 1 amide bonds. The Morgan fingerprint density at radius 1 is 1.18 bits per heavy atom. The average Bonchev–Trinajstić information content (AvgIpc) is 2.82. The second-order valence-electron chi connectivity index (χ2n) is 9.80. The first-order valence-corrected chi connectivity index (χ1v) is 12.3. The fourth-order valence-corrected chi connectivity index (χ4v) is 4.02. The molecule has 186 valence electrons. The molecule has 0 bridgehead atoms. The minimum atomic E-state index is -0.508. The number of nitrogens with one attached hydrogen (secondary N) is 1. The smallest absolute Gasteiger partial charge is 0.410 e. The molecule has 0 aromatic carbocycles. The minimum absolute atomic E-state index is 0.0645. The van der Waals surface area contributed by atoms with E-state index in [0.717, 1.165) is 47.7 Å². The van der Waals surface area contributed by atoms with Crippen molar-refractivity contribution in [3.8, 4) is 11.3 Å². The average molecular weight is 470 g/mol. The minimum Gasteiger partial charge on any atom is -0.444 e. The van der Waals surface area contributed by atoms with Crippen LogP contribution in [0.15, 0.2) is 30.5 Å². The molecule has 1 saturated heterocycles. The maximum absolute atomic E-state index is 12.4. The van der Waals surface area contributed by atoms with Crippen LogP contribution < -0.4 is 10.2 Å². The highest BCUT2D eigenvalue weighted by atomic mass is 16.6. The topological polar surface area (TPSA) is 90.8 Å². The Kier molecular flexibility index (Phi) is 8.72. The molecule has 34 heavy (non-hydrogen) atoms. The van der Waals surface area contributed by atoms with Crippen LogP contribution in [0.1, 0.15) is 59.4 Å². The van der Waals surface area contributed by atoms with E-state index in [0.29, 0.717) is 32.2 Å². The molecule has 8 nitrogen and oxygen atoms in total. The van der Waals surface area contributed by atoms with Crippen molar-refractivity contribution in [2.24, 2.45) is 0 Å². The summed E-state index contributed by atoms with van der Waals surface area (Å²) < 4.78 is 5.50. The summed E-state index contributed by atoms with van der Waals surface area (Å²) in [5.41, 5.74) is 2.04. The number of anilines is 2. The van der Waals surface area contributed by atoms with Gasteiger partial charge in [0.05, 0.1) is 12.3 Å². The summed E-state index contributed by atoms with van der Waals surface area (Å²) in [6, 6.07) is 8.19. The molecule has 3 heterocycles. The van der Waals surface area contributed by atoms with Crippen LogP contribution >= 0.6 is 0 Å². The summed E-state index contributed by atoms with van der Waals surface area (Å²) in [5, 5.41) is 13.4. The third-order valence-electron chi connectivity index (χ3n) is 5.85. The molecule has 1 atom stereocenters. The number of aromatic nitrogens is 2. The van der Waals surface area contributed by atoms with Gasteiger partial charge in [-0.25, -0.2) is 14.8 Å².